The average molecular weight is 376 g/mol. The van der Waals surface area contributed by atoms with Gasteiger partial charge in [-0.25, -0.2) is 9.87 Å². The highest BCUT2D eigenvalue weighted by molar-refractivity contribution is 7.99. The van der Waals surface area contributed by atoms with Crippen LogP contribution in [0.2, 0.25) is 0 Å². The number of hydrogen-bond acceptors (Lipinski definition) is 5. The molecule has 3 rings (SSSR count). The average Bonchev–Trinajstić information content (AvgIpc) is 3.01. The van der Waals surface area contributed by atoms with Crippen molar-refractivity contribution in [3.05, 3.63) is 65.0 Å². The van der Waals surface area contributed by atoms with Gasteiger partial charge in [0.2, 0.25) is 0 Å². The molecule has 1 fully saturated rings. The summed E-state index contributed by atoms with van der Waals surface area (Å²) in [6.07, 6.45) is -0.656. The molecule has 1 aliphatic rings. The van der Waals surface area contributed by atoms with E-state index >= 15 is 0 Å². The molecule has 0 aromatic heterocycles. The van der Waals surface area contributed by atoms with E-state index in [1.54, 1.807) is 43.0 Å². The molecule has 0 spiro atoms. The number of nitrogens with zero attached hydrogens (tertiary/aromatic N) is 1. The number of aryl methyl sites for hydroxylation is 1. The largest absolute Gasteiger partial charge is 0.373 e. The monoisotopic (exact) mass is 376 g/mol. The molecule has 2 aromatic carbocycles. The number of aliphatic hydroxyl groups is 1. The second-order valence-corrected chi connectivity index (χ2v) is 7.10. The second kappa shape index (κ2) is 8.07. The number of benzene rings is 2. The van der Waals surface area contributed by atoms with Crippen molar-refractivity contribution in [2.24, 2.45) is 0 Å². The Morgan fingerprint density at radius 1 is 1.35 bits per heavy atom. The Bertz CT molecular complexity index is 785. The highest BCUT2D eigenvalue weighted by Crippen LogP contribution is 2.44. The maximum absolute atomic E-state index is 13.2. The summed E-state index contributed by atoms with van der Waals surface area (Å²) in [4.78, 5) is 18.9. The van der Waals surface area contributed by atoms with Gasteiger partial charge in [-0.15, -0.1) is 11.8 Å². The van der Waals surface area contributed by atoms with E-state index < -0.39 is 6.23 Å². The molecule has 138 valence electrons. The second-order valence-electron chi connectivity index (χ2n) is 5.99. The van der Waals surface area contributed by atoms with Crippen LogP contribution in [0.1, 0.15) is 33.8 Å². The van der Waals surface area contributed by atoms with E-state index in [9.17, 15) is 14.3 Å². The highest BCUT2D eigenvalue weighted by atomic mass is 32.2. The van der Waals surface area contributed by atoms with Gasteiger partial charge in [-0.3, -0.25) is 9.63 Å². The van der Waals surface area contributed by atoms with Gasteiger partial charge in [0, 0.05) is 17.0 Å². The molecule has 26 heavy (non-hydrogen) atoms. The molecule has 0 saturated carbocycles. The molecule has 0 radical (unpaired) electrons. The summed E-state index contributed by atoms with van der Waals surface area (Å²) in [5.41, 5.74) is 5.48. The van der Waals surface area contributed by atoms with Gasteiger partial charge in [-0.2, -0.15) is 0 Å². The predicted molar refractivity (Wildman–Crippen MR) is 100 cm³/mol. The maximum atomic E-state index is 13.2. The van der Waals surface area contributed by atoms with E-state index in [4.69, 9.17) is 4.84 Å². The van der Waals surface area contributed by atoms with E-state index in [2.05, 4.69) is 5.48 Å². The molecule has 2 N–H and O–H groups in total. The zero-order valence-corrected chi connectivity index (χ0v) is 15.4. The van der Waals surface area contributed by atoms with Crippen LogP contribution < -0.4 is 10.4 Å². The van der Waals surface area contributed by atoms with Crippen molar-refractivity contribution in [2.75, 3.05) is 17.3 Å². The molecule has 5 nitrogen and oxygen atoms in total. The number of anilines is 1. The van der Waals surface area contributed by atoms with Crippen LogP contribution in [0.5, 0.6) is 0 Å². The van der Waals surface area contributed by atoms with Crippen LogP contribution in [-0.2, 0) is 4.84 Å². The number of hydrogen-bond donors (Lipinski definition) is 2. The standard InChI is InChI=1S/C19H21FN2O3S/c1-3-25-21-18(24)14-6-9-16(12(2)10-14)22-17(23)11-26-19(22)13-4-7-15(20)8-5-13/h4-10,17,19,23H,3,11H2,1-2H3,(H,21,24). The first-order valence-corrected chi connectivity index (χ1v) is 9.42. The van der Waals surface area contributed by atoms with Crippen LogP contribution >= 0.6 is 11.8 Å². The lowest BCUT2D eigenvalue weighted by Gasteiger charge is -2.30. The Labute approximate surface area is 156 Å². The zero-order valence-electron chi connectivity index (χ0n) is 14.6. The number of hydroxylamine groups is 1. The van der Waals surface area contributed by atoms with Crippen LogP contribution in [0.15, 0.2) is 42.5 Å². The number of halogens is 1. The minimum absolute atomic E-state index is 0.118. The molecule has 7 heteroatoms. The number of amides is 1. The fourth-order valence-corrected chi connectivity index (χ4v) is 4.23. The van der Waals surface area contributed by atoms with Gasteiger partial charge in [-0.05, 0) is 55.3 Å². The molecular weight excluding hydrogens is 355 g/mol. The number of nitrogens with one attached hydrogen (secondary N) is 1. The summed E-state index contributed by atoms with van der Waals surface area (Å²) in [5, 5.41) is 10.4. The lowest BCUT2D eigenvalue weighted by molar-refractivity contribution is 0.0364. The van der Waals surface area contributed by atoms with Gasteiger partial charge in [0.1, 0.15) is 17.4 Å². The summed E-state index contributed by atoms with van der Waals surface area (Å²) in [7, 11) is 0. The van der Waals surface area contributed by atoms with Gasteiger partial charge < -0.3 is 10.0 Å². The van der Waals surface area contributed by atoms with Crippen LogP contribution in [-0.4, -0.2) is 29.6 Å². The fourth-order valence-electron chi connectivity index (χ4n) is 2.95. The first kappa shape index (κ1) is 18.7. The van der Waals surface area contributed by atoms with E-state index in [-0.39, 0.29) is 17.1 Å². The fraction of sp³-hybridized carbons (Fsp3) is 0.316. The van der Waals surface area contributed by atoms with Crippen LogP contribution in [0, 0.1) is 12.7 Å². The summed E-state index contributed by atoms with van der Waals surface area (Å²) in [6, 6.07) is 11.6. The smallest absolute Gasteiger partial charge is 0.274 e. The van der Waals surface area contributed by atoms with Crippen LogP contribution in [0.3, 0.4) is 0 Å². The summed E-state index contributed by atoms with van der Waals surface area (Å²) >= 11 is 1.60. The SMILES string of the molecule is CCONC(=O)c1ccc(N2C(O)CSC2c2ccc(F)cc2)c(C)c1. The Morgan fingerprint density at radius 2 is 2.08 bits per heavy atom. The Balaban J connectivity index is 1.88. The zero-order chi connectivity index (χ0) is 18.7. The molecule has 1 heterocycles. The first-order chi connectivity index (χ1) is 12.5. The highest BCUT2D eigenvalue weighted by Gasteiger charge is 2.34. The molecule has 2 unspecified atom stereocenters. The van der Waals surface area contributed by atoms with Crippen LogP contribution in [0.25, 0.3) is 0 Å². The van der Waals surface area contributed by atoms with E-state index in [1.165, 1.54) is 12.1 Å². The molecule has 0 aliphatic carbocycles. The number of carbonyl (C=O) groups excluding carboxylic acids is 1. The van der Waals surface area contributed by atoms with Crippen molar-refractivity contribution in [1.29, 1.82) is 0 Å². The summed E-state index contributed by atoms with van der Waals surface area (Å²) < 4.78 is 13.2. The molecule has 2 atom stereocenters. The lowest BCUT2D eigenvalue weighted by Crippen LogP contribution is -2.33. The lowest BCUT2D eigenvalue weighted by atomic mass is 10.1. The Hall–Kier alpha value is -2.09. The summed E-state index contributed by atoms with van der Waals surface area (Å²) in [6.45, 7) is 4.07. The van der Waals surface area contributed by atoms with E-state index in [0.29, 0.717) is 17.9 Å². The van der Waals surface area contributed by atoms with Gasteiger partial charge >= 0.3 is 0 Å². The normalized spacial score (nSPS) is 19.6. The first-order valence-electron chi connectivity index (χ1n) is 8.37. The van der Waals surface area contributed by atoms with Crippen molar-refractivity contribution in [2.45, 2.75) is 25.4 Å². The summed E-state index contributed by atoms with van der Waals surface area (Å²) in [5.74, 6) is -0.0498. The third-order valence-electron chi connectivity index (χ3n) is 4.18. The van der Waals surface area contributed by atoms with E-state index in [0.717, 1.165) is 16.8 Å². The predicted octanol–water partition coefficient (Wildman–Crippen LogP) is 3.39. The van der Waals surface area contributed by atoms with Gasteiger partial charge in [0.25, 0.3) is 5.91 Å². The van der Waals surface area contributed by atoms with Crippen molar-refractivity contribution in [3.8, 4) is 0 Å². The quantitative estimate of drug-likeness (QED) is 0.784. The third kappa shape index (κ3) is 3.85. The number of aliphatic hydroxyl groups excluding tert-OH is 1. The number of rotatable bonds is 5. The topological polar surface area (TPSA) is 61.8 Å². The molecule has 1 amide bonds. The van der Waals surface area contributed by atoms with Crippen molar-refractivity contribution >= 4 is 23.4 Å². The minimum atomic E-state index is -0.656. The molecule has 1 saturated heterocycles. The third-order valence-corrected chi connectivity index (χ3v) is 5.48. The number of carbonyl (C=O) groups is 1. The molecule has 1 aliphatic heterocycles. The van der Waals surface area contributed by atoms with E-state index in [1.807, 2.05) is 17.9 Å². The molecule has 0 bridgehead atoms. The van der Waals surface area contributed by atoms with Gasteiger partial charge in [0.15, 0.2) is 0 Å². The minimum Gasteiger partial charge on any atom is -0.373 e. The maximum Gasteiger partial charge on any atom is 0.274 e. The van der Waals surface area contributed by atoms with Crippen molar-refractivity contribution < 1.29 is 19.1 Å². The van der Waals surface area contributed by atoms with Gasteiger partial charge in [-0.1, -0.05) is 12.1 Å². The Morgan fingerprint density at radius 3 is 2.73 bits per heavy atom. The van der Waals surface area contributed by atoms with Gasteiger partial charge in [0.05, 0.1) is 6.61 Å². The van der Waals surface area contributed by atoms with Crippen LogP contribution in [0.4, 0.5) is 10.1 Å². The van der Waals surface area contributed by atoms with Crippen molar-refractivity contribution in [3.63, 3.8) is 0 Å². The Kier molecular flexibility index (Phi) is 5.80. The number of thioether (sulfide) groups is 1. The molecular formula is C19H21FN2O3S. The molecule has 2 aromatic rings. The van der Waals surface area contributed by atoms with Crippen molar-refractivity contribution in [1.82, 2.24) is 5.48 Å².